The van der Waals surface area contributed by atoms with E-state index in [-0.39, 0.29) is 29.3 Å². The van der Waals surface area contributed by atoms with Gasteiger partial charge in [-0.25, -0.2) is 4.39 Å². The number of anilines is 1. The van der Waals surface area contributed by atoms with Crippen molar-refractivity contribution in [1.82, 2.24) is 8.94 Å². The van der Waals surface area contributed by atoms with Gasteiger partial charge in [0.25, 0.3) is 5.56 Å². The summed E-state index contributed by atoms with van der Waals surface area (Å²) in [7, 11) is 1.43. The van der Waals surface area contributed by atoms with Gasteiger partial charge in [0.1, 0.15) is 23.1 Å². The van der Waals surface area contributed by atoms with Gasteiger partial charge in [0, 0.05) is 23.9 Å². The van der Waals surface area contributed by atoms with Crippen LogP contribution in [0.25, 0.3) is 21.1 Å². The second kappa shape index (κ2) is 6.67. The molecular weight excluding hydrogens is 399 g/mol. The fraction of sp³-hybridized carbons (Fsp3) is 0.421. The number of pyridine rings is 1. The molecule has 3 aromatic rings. The lowest BCUT2D eigenvalue weighted by atomic mass is 10.1. The molecule has 0 spiro atoms. The first-order valence-corrected chi connectivity index (χ1v) is 10.2. The van der Waals surface area contributed by atoms with Crippen LogP contribution >= 0.6 is 11.5 Å². The Bertz CT molecular complexity index is 1270. The van der Waals surface area contributed by atoms with E-state index in [2.05, 4.69) is 9.53 Å². The monoisotopic (exact) mass is 418 g/mol. The van der Waals surface area contributed by atoms with Gasteiger partial charge in [-0.2, -0.15) is 0 Å². The average Bonchev–Trinajstić information content (AvgIpc) is 3.35. The minimum Gasteiger partial charge on any atom is -0.399 e. The van der Waals surface area contributed by atoms with Crippen LogP contribution in [-0.2, 0) is 4.84 Å². The number of H-pyrrole nitrogens is 1. The SMILES string of the molecule is CO/N=C1/CN(c2cc3c(cc2F)c(=O)c2c(=O)[nH]sc2n3C2CC2)CC1CO. The zero-order valence-corrected chi connectivity index (χ0v) is 16.5. The second-order valence-electron chi connectivity index (χ2n) is 7.49. The normalized spacial score (nSPS) is 21.0. The third-order valence-corrected chi connectivity index (χ3v) is 6.52. The number of rotatable bonds is 4. The number of hydrogen-bond donors (Lipinski definition) is 2. The van der Waals surface area contributed by atoms with Gasteiger partial charge in [0.05, 0.1) is 30.1 Å². The van der Waals surface area contributed by atoms with E-state index in [9.17, 15) is 14.7 Å². The molecule has 5 rings (SSSR count). The molecule has 1 saturated carbocycles. The lowest BCUT2D eigenvalue weighted by Gasteiger charge is -2.20. The van der Waals surface area contributed by atoms with Gasteiger partial charge in [0.2, 0.25) is 5.43 Å². The van der Waals surface area contributed by atoms with Crippen molar-refractivity contribution in [3.63, 3.8) is 0 Å². The highest BCUT2D eigenvalue weighted by atomic mass is 32.1. The largest absolute Gasteiger partial charge is 0.399 e. The van der Waals surface area contributed by atoms with Gasteiger partial charge in [-0.15, -0.1) is 0 Å². The van der Waals surface area contributed by atoms with E-state index in [0.29, 0.717) is 34.8 Å². The summed E-state index contributed by atoms with van der Waals surface area (Å²) >= 11 is 1.14. The van der Waals surface area contributed by atoms with Gasteiger partial charge >= 0.3 is 0 Å². The molecular formula is C19H19FN4O4S. The topological polar surface area (TPSA) is 99.9 Å². The third kappa shape index (κ3) is 2.77. The predicted molar refractivity (Wildman–Crippen MR) is 110 cm³/mol. The van der Waals surface area contributed by atoms with E-state index >= 15 is 4.39 Å². The Balaban J connectivity index is 1.73. The van der Waals surface area contributed by atoms with Crippen molar-refractivity contribution in [1.29, 1.82) is 0 Å². The predicted octanol–water partition coefficient (Wildman–Crippen LogP) is 1.81. The summed E-state index contributed by atoms with van der Waals surface area (Å²) in [6.07, 6.45) is 1.90. The Kier molecular flexibility index (Phi) is 4.21. The van der Waals surface area contributed by atoms with Gasteiger partial charge < -0.3 is 19.4 Å². The van der Waals surface area contributed by atoms with E-state index in [1.807, 2.05) is 4.57 Å². The Hall–Kier alpha value is -2.72. The molecule has 2 aromatic heterocycles. The molecule has 3 heterocycles. The van der Waals surface area contributed by atoms with Crippen LogP contribution < -0.4 is 15.9 Å². The molecule has 0 bridgehead atoms. The molecule has 8 nitrogen and oxygen atoms in total. The van der Waals surface area contributed by atoms with Crippen molar-refractivity contribution in [3.05, 3.63) is 38.5 Å². The quantitative estimate of drug-likeness (QED) is 0.630. The number of aromatic nitrogens is 2. The minimum atomic E-state index is -0.543. The van der Waals surface area contributed by atoms with Crippen LogP contribution in [0.3, 0.4) is 0 Å². The number of aliphatic hydroxyl groups excluding tert-OH is 1. The van der Waals surface area contributed by atoms with Crippen molar-refractivity contribution in [2.75, 3.05) is 31.7 Å². The molecule has 0 radical (unpaired) electrons. The Morgan fingerprint density at radius 1 is 1.38 bits per heavy atom. The number of nitrogens with one attached hydrogen (secondary N) is 1. The number of benzene rings is 1. The number of aromatic amines is 1. The first-order chi connectivity index (χ1) is 14.0. The highest BCUT2D eigenvalue weighted by Crippen LogP contribution is 2.41. The molecule has 2 fully saturated rings. The summed E-state index contributed by atoms with van der Waals surface area (Å²) in [6.45, 7) is 0.613. The highest BCUT2D eigenvalue weighted by molar-refractivity contribution is 7.12. The zero-order chi connectivity index (χ0) is 20.3. The maximum Gasteiger partial charge on any atom is 0.271 e. The summed E-state index contributed by atoms with van der Waals surface area (Å²) in [6, 6.07) is 3.10. The van der Waals surface area contributed by atoms with Crippen LogP contribution in [0, 0.1) is 11.7 Å². The van der Waals surface area contributed by atoms with Crippen LogP contribution in [0.5, 0.6) is 0 Å². The van der Waals surface area contributed by atoms with Crippen LogP contribution in [-0.4, -0.2) is 46.6 Å². The lowest BCUT2D eigenvalue weighted by molar-refractivity contribution is 0.207. The standard InChI is InChI=1S/C19H19FN4O4S/c1-28-21-13-7-23(6-9(13)8-25)15-5-14-11(4-12(15)20)17(26)16-18(27)22-29-19(16)24(14)10-2-3-10/h4-5,9-10,25H,2-3,6-8H2,1H3,(H,22,27)/b21-13-. The second-order valence-corrected chi connectivity index (χ2v) is 8.28. The summed E-state index contributed by atoms with van der Waals surface area (Å²) in [5, 5.41) is 13.9. The Morgan fingerprint density at radius 2 is 2.17 bits per heavy atom. The number of oxime groups is 1. The maximum absolute atomic E-state index is 15.1. The molecule has 1 aromatic carbocycles. The number of hydrogen-bond acceptors (Lipinski definition) is 7. The average molecular weight is 418 g/mol. The van der Waals surface area contributed by atoms with Gasteiger partial charge in [-0.1, -0.05) is 5.16 Å². The van der Waals surface area contributed by atoms with Gasteiger partial charge in [-0.3, -0.25) is 14.0 Å². The van der Waals surface area contributed by atoms with Crippen LogP contribution in [0.15, 0.2) is 26.9 Å². The third-order valence-electron chi connectivity index (χ3n) is 5.64. The summed E-state index contributed by atoms with van der Waals surface area (Å²) in [5.74, 6) is -0.786. The fourth-order valence-corrected chi connectivity index (χ4v) is 5.03. The molecule has 2 aliphatic rings. The summed E-state index contributed by atoms with van der Waals surface area (Å²) < 4.78 is 19.7. The molecule has 1 aliphatic heterocycles. The fourth-order valence-electron chi connectivity index (χ4n) is 4.11. The van der Waals surface area contributed by atoms with E-state index < -0.39 is 16.8 Å². The highest BCUT2D eigenvalue weighted by Gasteiger charge is 2.33. The van der Waals surface area contributed by atoms with Crippen molar-refractivity contribution in [2.24, 2.45) is 11.1 Å². The van der Waals surface area contributed by atoms with E-state index in [4.69, 9.17) is 4.84 Å². The smallest absolute Gasteiger partial charge is 0.271 e. The molecule has 1 aliphatic carbocycles. The van der Waals surface area contributed by atoms with Crippen LogP contribution in [0.4, 0.5) is 10.1 Å². The number of halogens is 1. The van der Waals surface area contributed by atoms with Crippen molar-refractivity contribution in [2.45, 2.75) is 18.9 Å². The molecule has 29 heavy (non-hydrogen) atoms. The molecule has 2 N–H and O–H groups in total. The van der Waals surface area contributed by atoms with Gasteiger partial charge in [-0.05, 0) is 36.5 Å². The Labute approximate surface area is 168 Å². The van der Waals surface area contributed by atoms with Gasteiger partial charge in [0.15, 0.2) is 0 Å². The van der Waals surface area contributed by atoms with Crippen molar-refractivity contribution >= 4 is 44.1 Å². The number of aliphatic hydroxyl groups is 1. The van der Waals surface area contributed by atoms with Crippen LogP contribution in [0.1, 0.15) is 18.9 Å². The summed E-state index contributed by atoms with van der Waals surface area (Å²) in [5.41, 5.74) is 0.730. The summed E-state index contributed by atoms with van der Waals surface area (Å²) in [4.78, 5) is 32.3. The van der Waals surface area contributed by atoms with E-state index in [0.717, 1.165) is 24.4 Å². The number of fused-ring (bicyclic) bond motifs is 2. The molecule has 152 valence electrons. The number of nitrogens with zero attached hydrogens (tertiary/aromatic N) is 3. The zero-order valence-electron chi connectivity index (χ0n) is 15.6. The molecule has 1 atom stereocenters. The molecule has 10 heteroatoms. The molecule has 1 unspecified atom stereocenters. The van der Waals surface area contributed by atoms with E-state index in [1.54, 1.807) is 11.0 Å². The molecule has 1 saturated heterocycles. The first kappa shape index (κ1) is 18.3. The molecule has 0 amide bonds. The minimum absolute atomic E-state index is 0.0950. The first-order valence-electron chi connectivity index (χ1n) is 9.38. The maximum atomic E-state index is 15.1. The Morgan fingerprint density at radius 3 is 2.86 bits per heavy atom. The van der Waals surface area contributed by atoms with Crippen molar-refractivity contribution < 1.29 is 14.3 Å². The van der Waals surface area contributed by atoms with E-state index in [1.165, 1.54) is 13.2 Å². The van der Waals surface area contributed by atoms with Crippen LogP contribution in [0.2, 0.25) is 0 Å². The lowest BCUT2D eigenvalue weighted by Crippen LogP contribution is -2.23. The van der Waals surface area contributed by atoms with Crippen molar-refractivity contribution in [3.8, 4) is 0 Å².